The summed E-state index contributed by atoms with van der Waals surface area (Å²) in [6.45, 7) is 11.4. The van der Waals surface area contributed by atoms with Gasteiger partial charge in [0.25, 0.3) is 5.91 Å². The lowest BCUT2D eigenvalue weighted by molar-refractivity contribution is -0.131. The van der Waals surface area contributed by atoms with Gasteiger partial charge in [0.2, 0.25) is 0 Å². The van der Waals surface area contributed by atoms with Gasteiger partial charge in [-0.2, -0.15) is 0 Å². The van der Waals surface area contributed by atoms with E-state index in [9.17, 15) is 9.90 Å². The third-order valence-electron chi connectivity index (χ3n) is 5.34. The normalized spacial score (nSPS) is 18.8. The summed E-state index contributed by atoms with van der Waals surface area (Å²) < 4.78 is 6.21. The third kappa shape index (κ3) is 3.02. The molecule has 1 atom stereocenters. The number of fused-ring (bicyclic) bond motifs is 1. The van der Waals surface area contributed by atoms with Crippen LogP contribution in [0.4, 0.5) is 5.82 Å². The highest BCUT2D eigenvalue weighted by atomic mass is 16.5. The molecule has 0 radical (unpaired) electrons. The third-order valence-corrected chi connectivity index (χ3v) is 5.34. The minimum Gasteiger partial charge on any atom is -0.507 e. The van der Waals surface area contributed by atoms with Crippen molar-refractivity contribution in [3.8, 4) is 11.5 Å². The van der Waals surface area contributed by atoms with Crippen molar-refractivity contribution in [3.63, 3.8) is 0 Å². The predicted octanol–water partition coefficient (Wildman–Crippen LogP) is 4.05. The molecule has 2 aromatic rings. The number of aryl methyl sites for hydroxylation is 2. The van der Waals surface area contributed by atoms with Crippen LogP contribution in [-0.4, -0.2) is 21.6 Å². The number of ether oxygens (including phenoxy) is 1. The van der Waals surface area contributed by atoms with Gasteiger partial charge in [-0.25, -0.2) is 4.98 Å². The number of phenolic OH excluding ortho intramolecular Hbond substituents is 1. The summed E-state index contributed by atoms with van der Waals surface area (Å²) in [7, 11) is 0. The van der Waals surface area contributed by atoms with E-state index in [1.807, 2.05) is 53.7 Å². The Hall–Kier alpha value is -2.56. The fourth-order valence-corrected chi connectivity index (χ4v) is 3.56. The Morgan fingerprint density at radius 3 is 2.50 bits per heavy atom. The van der Waals surface area contributed by atoms with Crippen molar-refractivity contribution < 1.29 is 14.6 Å². The molecule has 5 nitrogen and oxygen atoms in total. The van der Waals surface area contributed by atoms with Crippen molar-refractivity contribution in [2.24, 2.45) is 0 Å². The summed E-state index contributed by atoms with van der Waals surface area (Å²) in [5.41, 5.74) is 4.42. The highest BCUT2D eigenvalue weighted by Crippen LogP contribution is 2.43. The standard InChI is InChI=1S/C21H26N2O3/c1-11-9-12(2)22-17(10-11)23-20(25)21(6)8-7-16-15(5)18(24)13(3)14(4)19(16)26-21/h9-10,24H,7-8H2,1-6H3,(H,22,23,25). The van der Waals surface area contributed by atoms with Gasteiger partial charge >= 0.3 is 0 Å². The molecule has 5 heteroatoms. The van der Waals surface area contributed by atoms with E-state index < -0.39 is 5.60 Å². The number of hydrogen-bond acceptors (Lipinski definition) is 4. The topological polar surface area (TPSA) is 71.5 Å². The lowest BCUT2D eigenvalue weighted by Crippen LogP contribution is -2.48. The van der Waals surface area contributed by atoms with E-state index in [1.54, 1.807) is 0 Å². The number of nitrogens with zero attached hydrogens (tertiary/aromatic N) is 1. The van der Waals surface area contributed by atoms with Crippen LogP contribution in [0.5, 0.6) is 11.5 Å². The van der Waals surface area contributed by atoms with Gasteiger partial charge in [-0.1, -0.05) is 0 Å². The zero-order valence-corrected chi connectivity index (χ0v) is 16.3. The SMILES string of the molecule is Cc1cc(C)nc(NC(=O)C2(C)CCc3c(C)c(O)c(C)c(C)c3O2)c1. The lowest BCUT2D eigenvalue weighted by atomic mass is 9.86. The first-order valence-electron chi connectivity index (χ1n) is 8.90. The minimum absolute atomic E-state index is 0.205. The molecule has 1 amide bonds. The van der Waals surface area contributed by atoms with Gasteiger partial charge in [-0.3, -0.25) is 4.79 Å². The van der Waals surface area contributed by atoms with E-state index >= 15 is 0 Å². The zero-order chi connectivity index (χ0) is 19.2. The van der Waals surface area contributed by atoms with Crippen molar-refractivity contribution in [3.05, 3.63) is 45.6 Å². The summed E-state index contributed by atoms with van der Waals surface area (Å²) in [5, 5.41) is 13.2. The second-order valence-electron chi connectivity index (χ2n) is 7.49. The van der Waals surface area contributed by atoms with Gasteiger partial charge in [0.1, 0.15) is 17.3 Å². The number of anilines is 1. The van der Waals surface area contributed by atoms with Crippen molar-refractivity contribution in [2.45, 2.75) is 60.0 Å². The zero-order valence-electron chi connectivity index (χ0n) is 16.3. The maximum absolute atomic E-state index is 12.9. The van der Waals surface area contributed by atoms with E-state index in [0.717, 1.165) is 39.3 Å². The quantitative estimate of drug-likeness (QED) is 0.853. The first kappa shape index (κ1) is 18.2. The van der Waals surface area contributed by atoms with Crippen LogP contribution in [0.2, 0.25) is 0 Å². The number of benzene rings is 1. The van der Waals surface area contributed by atoms with Crippen LogP contribution in [0, 0.1) is 34.6 Å². The number of aromatic nitrogens is 1. The molecule has 2 heterocycles. The van der Waals surface area contributed by atoms with Crippen LogP contribution in [-0.2, 0) is 11.2 Å². The molecule has 2 N–H and O–H groups in total. The van der Waals surface area contributed by atoms with Gasteiger partial charge in [0.15, 0.2) is 5.60 Å². The Kier molecular flexibility index (Phi) is 4.42. The van der Waals surface area contributed by atoms with E-state index in [0.29, 0.717) is 24.4 Å². The van der Waals surface area contributed by atoms with Gasteiger partial charge in [-0.15, -0.1) is 0 Å². The van der Waals surface area contributed by atoms with Gasteiger partial charge in [-0.05, 0) is 82.3 Å². The van der Waals surface area contributed by atoms with E-state index in [4.69, 9.17) is 4.74 Å². The number of carbonyl (C=O) groups is 1. The Balaban J connectivity index is 1.92. The van der Waals surface area contributed by atoms with Crippen LogP contribution < -0.4 is 10.1 Å². The van der Waals surface area contributed by atoms with Crippen molar-refractivity contribution in [2.75, 3.05) is 5.32 Å². The number of pyridine rings is 1. The molecule has 1 aliphatic heterocycles. The molecule has 1 aliphatic rings. The van der Waals surface area contributed by atoms with Crippen LogP contribution in [0.15, 0.2) is 12.1 Å². The van der Waals surface area contributed by atoms with Crippen LogP contribution >= 0.6 is 0 Å². The first-order valence-corrected chi connectivity index (χ1v) is 8.90. The summed E-state index contributed by atoms with van der Waals surface area (Å²) in [6.07, 6.45) is 1.22. The lowest BCUT2D eigenvalue weighted by Gasteiger charge is -2.36. The largest absolute Gasteiger partial charge is 0.507 e. The average Bonchev–Trinajstić information content (AvgIpc) is 2.57. The molecule has 0 saturated heterocycles. The summed E-state index contributed by atoms with van der Waals surface area (Å²) in [4.78, 5) is 17.3. The first-order chi connectivity index (χ1) is 12.1. The molecule has 0 fully saturated rings. The highest BCUT2D eigenvalue weighted by Gasteiger charge is 2.41. The molecular formula is C21H26N2O3. The number of nitrogens with one attached hydrogen (secondary N) is 1. The Labute approximate surface area is 154 Å². The summed E-state index contributed by atoms with van der Waals surface area (Å²) in [5.74, 6) is 1.37. The fraction of sp³-hybridized carbons (Fsp3) is 0.429. The number of aromatic hydroxyl groups is 1. The molecule has 1 aromatic carbocycles. The number of amides is 1. The number of hydrogen-bond donors (Lipinski definition) is 2. The maximum Gasteiger partial charge on any atom is 0.269 e. The molecule has 1 unspecified atom stereocenters. The number of carbonyl (C=O) groups excluding carboxylic acids is 1. The monoisotopic (exact) mass is 354 g/mol. The molecule has 0 saturated carbocycles. The Morgan fingerprint density at radius 1 is 1.15 bits per heavy atom. The molecule has 0 bridgehead atoms. The smallest absolute Gasteiger partial charge is 0.269 e. The fourth-order valence-electron chi connectivity index (χ4n) is 3.56. The Morgan fingerprint density at radius 2 is 1.85 bits per heavy atom. The molecular weight excluding hydrogens is 328 g/mol. The second-order valence-corrected chi connectivity index (χ2v) is 7.49. The molecule has 26 heavy (non-hydrogen) atoms. The molecule has 138 valence electrons. The number of rotatable bonds is 2. The van der Waals surface area contributed by atoms with Crippen LogP contribution in [0.1, 0.15) is 46.9 Å². The van der Waals surface area contributed by atoms with Gasteiger partial charge in [0, 0.05) is 17.7 Å². The van der Waals surface area contributed by atoms with E-state index in [-0.39, 0.29) is 5.91 Å². The van der Waals surface area contributed by atoms with E-state index in [1.165, 1.54) is 0 Å². The van der Waals surface area contributed by atoms with Crippen molar-refractivity contribution in [1.29, 1.82) is 0 Å². The van der Waals surface area contributed by atoms with Gasteiger partial charge in [0.05, 0.1) is 0 Å². The minimum atomic E-state index is -0.979. The summed E-state index contributed by atoms with van der Waals surface area (Å²) in [6, 6.07) is 3.81. The highest BCUT2D eigenvalue weighted by molar-refractivity contribution is 5.97. The van der Waals surface area contributed by atoms with Crippen molar-refractivity contribution >= 4 is 11.7 Å². The van der Waals surface area contributed by atoms with Crippen LogP contribution in [0.25, 0.3) is 0 Å². The Bertz CT molecular complexity index is 885. The van der Waals surface area contributed by atoms with E-state index in [2.05, 4.69) is 10.3 Å². The van der Waals surface area contributed by atoms with Gasteiger partial charge < -0.3 is 15.2 Å². The molecule has 3 rings (SSSR count). The molecule has 0 aliphatic carbocycles. The number of phenols is 1. The van der Waals surface area contributed by atoms with Crippen molar-refractivity contribution in [1.82, 2.24) is 4.98 Å². The maximum atomic E-state index is 12.9. The average molecular weight is 354 g/mol. The summed E-state index contributed by atoms with van der Waals surface area (Å²) >= 11 is 0. The second kappa shape index (κ2) is 6.31. The van der Waals surface area contributed by atoms with Crippen LogP contribution in [0.3, 0.4) is 0 Å². The molecule has 0 spiro atoms. The molecule has 1 aromatic heterocycles. The predicted molar refractivity (Wildman–Crippen MR) is 102 cm³/mol.